The zero-order valence-corrected chi connectivity index (χ0v) is 10.3. The molecule has 1 N–H and O–H groups in total. The van der Waals surface area contributed by atoms with Crippen LogP contribution >= 0.6 is 0 Å². The Morgan fingerprint density at radius 2 is 2.00 bits per heavy atom. The predicted molar refractivity (Wildman–Crippen MR) is 67.8 cm³/mol. The van der Waals surface area contributed by atoms with Crippen LogP contribution in [0.5, 0.6) is 0 Å². The van der Waals surface area contributed by atoms with Crippen molar-refractivity contribution >= 4 is 16.8 Å². The normalized spacial score (nSPS) is 12.0. The Morgan fingerprint density at radius 3 is 2.67 bits per heavy atom. The number of aromatic nitrogens is 1. The Hall–Kier alpha value is -2.01. The van der Waals surface area contributed by atoms with E-state index in [2.05, 4.69) is 4.98 Å². The zero-order chi connectivity index (χ0) is 13.0. The minimum atomic E-state index is -1.39. The molecule has 0 saturated carbocycles. The van der Waals surface area contributed by atoms with E-state index in [9.17, 15) is 9.00 Å². The summed E-state index contributed by atoms with van der Waals surface area (Å²) in [5, 5.41) is 9.03. The molecule has 0 aliphatic rings. The number of carboxylic acid groups (broad SMARTS) is 1. The lowest BCUT2D eigenvalue weighted by Crippen LogP contribution is -2.05. The van der Waals surface area contributed by atoms with Crippen LogP contribution in [0, 0.1) is 0 Å². The zero-order valence-electron chi connectivity index (χ0n) is 9.45. The molecule has 1 aromatic heterocycles. The van der Waals surface area contributed by atoms with Crippen LogP contribution in [0.4, 0.5) is 0 Å². The summed E-state index contributed by atoms with van der Waals surface area (Å²) in [6.07, 6.45) is 3.26. The summed E-state index contributed by atoms with van der Waals surface area (Å²) >= 11 is 0. The predicted octanol–water partition coefficient (Wildman–Crippen LogP) is 2.09. The number of aromatic carboxylic acids is 1. The second-order valence-electron chi connectivity index (χ2n) is 3.65. The van der Waals surface area contributed by atoms with Crippen LogP contribution in [0.3, 0.4) is 0 Å². The van der Waals surface area contributed by atoms with Crippen molar-refractivity contribution in [2.45, 2.75) is 10.6 Å². The highest BCUT2D eigenvalue weighted by molar-refractivity contribution is 7.84. The standard InChI is InChI=1S/C13H11NO3S/c15-13(16)11-5-1-2-6-12(11)18(17)9-10-4-3-7-14-8-10/h1-8H,9H2,(H,15,16). The highest BCUT2D eigenvalue weighted by Crippen LogP contribution is 2.16. The van der Waals surface area contributed by atoms with Gasteiger partial charge in [-0.1, -0.05) is 18.2 Å². The first-order valence-corrected chi connectivity index (χ1v) is 6.60. The SMILES string of the molecule is O=C(O)c1ccccc1S(=O)Cc1cccnc1. The number of hydrogen-bond donors (Lipinski definition) is 1. The van der Waals surface area contributed by atoms with Gasteiger partial charge in [-0.05, 0) is 23.8 Å². The van der Waals surface area contributed by atoms with Crippen molar-refractivity contribution in [3.05, 3.63) is 59.9 Å². The maximum absolute atomic E-state index is 12.2. The summed E-state index contributed by atoms with van der Waals surface area (Å²) in [5.74, 6) is -0.803. The van der Waals surface area contributed by atoms with E-state index in [4.69, 9.17) is 5.11 Å². The smallest absolute Gasteiger partial charge is 0.336 e. The molecule has 0 amide bonds. The second-order valence-corrected chi connectivity index (χ2v) is 5.07. The summed E-state index contributed by atoms with van der Waals surface area (Å²) in [6.45, 7) is 0. The average Bonchev–Trinajstić information content (AvgIpc) is 2.40. The lowest BCUT2D eigenvalue weighted by atomic mass is 10.2. The van der Waals surface area contributed by atoms with Crippen LogP contribution in [0.1, 0.15) is 15.9 Å². The van der Waals surface area contributed by atoms with Crippen molar-refractivity contribution in [1.82, 2.24) is 4.98 Å². The molecule has 5 heteroatoms. The Morgan fingerprint density at radius 1 is 1.22 bits per heavy atom. The van der Waals surface area contributed by atoms with Crippen LogP contribution in [-0.4, -0.2) is 20.3 Å². The van der Waals surface area contributed by atoms with Crippen molar-refractivity contribution < 1.29 is 14.1 Å². The molecule has 0 fully saturated rings. The number of carboxylic acids is 1. The highest BCUT2D eigenvalue weighted by atomic mass is 32.2. The molecule has 0 aliphatic heterocycles. The molecule has 4 nitrogen and oxygen atoms in total. The third-order valence-electron chi connectivity index (χ3n) is 2.38. The van der Waals surface area contributed by atoms with Gasteiger partial charge in [0.05, 0.1) is 27.0 Å². The maximum atomic E-state index is 12.2. The molecule has 0 spiro atoms. The molecule has 2 rings (SSSR count). The van der Waals surface area contributed by atoms with Crippen molar-refractivity contribution in [3.8, 4) is 0 Å². The van der Waals surface area contributed by atoms with Gasteiger partial charge in [-0.15, -0.1) is 0 Å². The van der Waals surface area contributed by atoms with Gasteiger partial charge in [0.25, 0.3) is 0 Å². The summed E-state index contributed by atoms with van der Waals surface area (Å²) in [7, 11) is -1.39. The fourth-order valence-electron chi connectivity index (χ4n) is 1.55. The third kappa shape index (κ3) is 2.81. The van der Waals surface area contributed by atoms with Crippen LogP contribution < -0.4 is 0 Å². The number of hydrogen-bond acceptors (Lipinski definition) is 3. The molecule has 18 heavy (non-hydrogen) atoms. The Labute approximate surface area is 107 Å². The topological polar surface area (TPSA) is 67.3 Å². The number of benzene rings is 1. The molecule has 1 heterocycles. The van der Waals surface area contributed by atoms with E-state index in [-0.39, 0.29) is 11.3 Å². The van der Waals surface area contributed by atoms with Gasteiger partial charge >= 0.3 is 5.97 Å². The molecule has 2 aromatic rings. The molecule has 92 valence electrons. The van der Waals surface area contributed by atoms with E-state index in [0.717, 1.165) is 5.56 Å². The minimum Gasteiger partial charge on any atom is -0.478 e. The minimum absolute atomic E-state index is 0.0831. The summed E-state index contributed by atoms with van der Waals surface area (Å²) in [4.78, 5) is 15.3. The number of pyridine rings is 1. The van der Waals surface area contributed by atoms with Gasteiger partial charge in [0.2, 0.25) is 0 Å². The third-order valence-corrected chi connectivity index (χ3v) is 3.83. The fraction of sp³-hybridized carbons (Fsp3) is 0.0769. The highest BCUT2D eigenvalue weighted by Gasteiger charge is 2.14. The van der Waals surface area contributed by atoms with Gasteiger partial charge in [0.15, 0.2) is 0 Å². The first-order valence-electron chi connectivity index (χ1n) is 5.28. The van der Waals surface area contributed by atoms with Crippen molar-refractivity contribution in [1.29, 1.82) is 0 Å². The van der Waals surface area contributed by atoms with E-state index in [1.165, 1.54) is 6.07 Å². The Bertz CT molecular complexity index is 584. The molecular weight excluding hydrogens is 250 g/mol. The van der Waals surface area contributed by atoms with Gasteiger partial charge in [0.1, 0.15) is 0 Å². The van der Waals surface area contributed by atoms with E-state index in [1.54, 1.807) is 36.7 Å². The summed E-state index contributed by atoms with van der Waals surface area (Å²) < 4.78 is 12.2. The van der Waals surface area contributed by atoms with Crippen LogP contribution in [0.15, 0.2) is 53.7 Å². The monoisotopic (exact) mass is 261 g/mol. The first-order chi connectivity index (χ1) is 8.68. The molecular formula is C13H11NO3S. The Balaban J connectivity index is 2.27. The van der Waals surface area contributed by atoms with Crippen molar-refractivity contribution in [3.63, 3.8) is 0 Å². The van der Waals surface area contributed by atoms with Gasteiger partial charge in [-0.2, -0.15) is 0 Å². The van der Waals surface area contributed by atoms with E-state index in [1.807, 2.05) is 6.07 Å². The quantitative estimate of drug-likeness (QED) is 0.915. The van der Waals surface area contributed by atoms with Gasteiger partial charge in [-0.25, -0.2) is 4.79 Å². The van der Waals surface area contributed by atoms with Crippen molar-refractivity contribution in [2.75, 3.05) is 0 Å². The molecule has 0 aliphatic carbocycles. The van der Waals surface area contributed by atoms with Gasteiger partial charge in [-0.3, -0.25) is 9.19 Å². The molecule has 1 atom stereocenters. The van der Waals surface area contributed by atoms with Crippen LogP contribution in [-0.2, 0) is 16.6 Å². The summed E-state index contributed by atoms with van der Waals surface area (Å²) in [6, 6.07) is 9.91. The molecule has 0 bridgehead atoms. The number of rotatable bonds is 4. The number of nitrogens with zero attached hydrogens (tertiary/aromatic N) is 1. The lowest BCUT2D eigenvalue weighted by Gasteiger charge is -2.05. The first kappa shape index (κ1) is 12.4. The molecule has 1 unspecified atom stereocenters. The van der Waals surface area contributed by atoms with Gasteiger partial charge < -0.3 is 5.11 Å². The molecule has 0 saturated heterocycles. The molecule has 1 aromatic carbocycles. The Kier molecular flexibility index (Phi) is 3.84. The largest absolute Gasteiger partial charge is 0.478 e. The summed E-state index contributed by atoms with van der Waals surface area (Å²) in [5.41, 5.74) is 0.899. The fourth-order valence-corrected chi connectivity index (χ4v) is 2.81. The van der Waals surface area contributed by atoms with Crippen LogP contribution in [0.25, 0.3) is 0 Å². The molecule has 0 radical (unpaired) electrons. The lowest BCUT2D eigenvalue weighted by molar-refractivity contribution is 0.0693. The second kappa shape index (κ2) is 5.55. The van der Waals surface area contributed by atoms with Gasteiger partial charge in [0, 0.05) is 12.4 Å². The number of carbonyl (C=O) groups is 1. The maximum Gasteiger partial charge on any atom is 0.336 e. The van der Waals surface area contributed by atoms with E-state index in [0.29, 0.717) is 4.90 Å². The van der Waals surface area contributed by atoms with E-state index >= 15 is 0 Å². The average molecular weight is 261 g/mol. The van der Waals surface area contributed by atoms with E-state index < -0.39 is 16.8 Å². The van der Waals surface area contributed by atoms with Crippen molar-refractivity contribution in [2.24, 2.45) is 0 Å². The van der Waals surface area contributed by atoms with Crippen LogP contribution in [0.2, 0.25) is 0 Å².